The molecule has 0 saturated carbocycles. The summed E-state index contributed by atoms with van der Waals surface area (Å²) in [7, 11) is 0. The Kier molecular flexibility index (Phi) is 3.65. The number of hydrogen-bond acceptors (Lipinski definition) is 1. The Labute approximate surface area is 105 Å². The summed E-state index contributed by atoms with van der Waals surface area (Å²) in [4.78, 5) is 0. The van der Waals surface area contributed by atoms with Crippen molar-refractivity contribution in [3.8, 4) is 0 Å². The van der Waals surface area contributed by atoms with E-state index in [1.54, 1.807) is 12.1 Å². The molecule has 0 radical (unpaired) electrons. The van der Waals surface area contributed by atoms with Crippen molar-refractivity contribution in [2.24, 2.45) is 5.92 Å². The van der Waals surface area contributed by atoms with Crippen LogP contribution in [0.25, 0.3) is 0 Å². The third kappa shape index (κ3) is 2.46. The molecule has 0 aliphatic carbocycles. The topological polar surface area (TPSA) is 12.0 Å². The van der Waals surface area contributed by atoms with Gasteiger partial charge in [0, 0.05) is 10.5 Å². The van der Waals surface area contributed by atoms with Gasteiger partial charge in [-0.15, -0.1) is 0 Å². The van der Waals surface area contributed by atoms with E-state index in [1.807, 2.05) is 0 Å². The summed E-state index contributed by atoms with van der Waals surface area (Å²) in [5, 5.41) is 3.47. The predicted molar refractivity (Wildman–Crippen MR) is 68.0 cm³/mol. The highest BCUT2D eigenvalue weighted by Gasteiger charge is 2.22. The van der Waals surface area contributed by atoms with E-state index in [0.29, 0.717) is 12.0 Å². The second kappa shape index (κ2) is 4.84. The summed E-state index contributed by atoms with van der Waals surface area (Å²) < 4.78 is 14.3. The van der Waals surface area contributed by atoms with Crippen LogP contribution in [0, 0.1) is 11.7 Å². The summed E-state index contributed by atoms with van der Waals surface area (Å²) in [6.07, 6.45) is 2.04. The summed E-state index contributed by atoms with van der Waals surface area (Å²) in [6.45, 7) is 5.38. The number of nitrogens with one attached hydrogen (secondary N) is 1. The molecule has 0 saturated heterocycles. The maximum absolute atomic E-state index is 13.4. The molecule has 16 heavy (non-hydrogen) atoms. The molecular formula is C13H17BrFN. The normalized spacial score (nSPS) is 19.9. The highest BCUT2D eigenvalue weighted by Crippen LogP contribution is 2.33. The maximum atomic E-state index is 13.4. The van der Waals surface area contributed by atoms with E-state index < -0.39 is 0 Å². The first-order chi connectivity index (χ1) is 7.58. The minimum absolute atomic E-state index is 0.150. The Hall–Kier alpha value is -0.410. The Balaban J connectivity index is 2.37. The summed E-state index contributed by atoms with van der Waals surface area (Å²) in [5.74, 6) is 0.466. The second-order valence-electron chi connectivity index (χ2n) is 4.84. The molecule has 0 bridgehead atoms. The van der Waals surface area contributed by atoms with E-state index in [4.69, 9.17) is 0 Å². The molecule has 0 amide bonds. The monoisotopic (exact) mass is 285 g/mol. The molecule has 1 nitrogen and oxygen atoms in total. The van der Waals surface area contributed by atoms with Gasteiger partial charge in [0.2, 0.25) is 0 Å². The molecule has 1 aromatic carbocycles. The summed E-state index contributed by atoms with van der Waals surface area (Å²) in [6, 6.07) is 3.55. The van der Waals surface area contributed by atoms with Crippen LogP contribution in [-0.4, -0.2) is 6.54 Å². The molecule has 3 heteroatoms. The quantitative estimate of drug-likeness (QED) is 0.871. The van der Waals surface area contributed by atoms with Gasteiger partial charge in [0.25, 0.3) is 0 Å². The molecule has 88 valence electrons. The molecule has 1 aliphatic heterocycles. The van der Waals surface area contributed by atoms with Gasteiger partial charge in [0.15, 0.2) is 0 Å². The fraction of sp³-hybridized carbons (Fsp3) is 0.538. The van der Waals surface area contributed by atoms with Crippen LogP contribution in [0.1, 0.15) is 37.4 Å². The van der Waals surface area contributed by atoms with Crippen molar-refractivity contribution < 1.29 is 4.39 Å². The zero-order valence-electron chi connectivity index (χ0n) is 9.69. The minimum Gasteiger partial charge on any atom is -0.310 e. The van der Waals surface area contributed by atoms with Crippen molar-refractivity contribution in [3.63, 3.8) is 0 Å². The van der Waals surface area contributed by atoms with Gasteiger partial charge in [0.05, 0.1) is 0 Å². The third-order valence-corrected chi connectivity index (χ3v) is 3.75. The highest BCUT2D eigenvalue weighted by atomic mass is 79.9. The predicted octanol–water partition coefficient (Wildman–Crippen LogP) is 3.82. The number of fused-ring (bicyclic) bond motifs is 1. The Bertz CT molecular complexity index is 390. The zero-order valence-corrected chi connectivity index (χ0v) is 11.3. The number of hydrogen-bond donors (Lipinski definition) is 1. The van der Waals surface area contributed by atoms with E-state index in [0.717, 1.165) is 29.4 Å². The van der Waals surface area contributed by atoms with Gasteiger partial charge >= 0.3 is 0 Å². The van der Waals surface area contributed by atoms with Crippen molar-refractivity contribution >= 4 is 15.9 Å². The van der Waals surface area contributed by atoms with Gasteiger partial charge < -0.3 is 5.32 Å². The van der Waals surface area contributed by atoms with E-state index in [1.165, 1.54) is 5.56 Å². The van der Waals surface area contributed by atoms with Crippen LogP contribution in [0.5, 0.6) is 0 Å². The molecule has 0 fully saturated rings. The van der Waals surface area contributed by atoms with Crippen LogP contribution in [0.2, 0.25) is 0 Å². The third-order valence-electron chi connectivity index (χ3n) is 3.04. The lowest BCUT2D eigenvalue weighted by Crippen LogP contribution is -2.31. The van der Waals surface area contributed by atoms with Gasteiger partial charge in [-0.3, -0.25) is 0 Å². The lowest BCUT2D eigenvalue weighted by molar-refractivity contribution is 0.412. The maximum Gasteiger partial charge on any atom is 0.124 e. The van der Waals surface area contributed by atoms with Gasteiger partial charge in [0.1, 0.15) is 5.82 Å². The average molecular weight is 286 g/mol. The molecule has 0 aromatic heterocycles. The molecule has 1 N–H and O–H groups in total. The van der Waals surface area contributed by atoms with Crippen LogP contribution in [0.3, 0.4) is 0 Å². The van der Waals surface area contributed by atoms with Crippen LogP contribution in [-0.2, 0) is 6.42 Å². The fourth-order valence-corrected chi connectivity index (χ4v) is 3.01. The van der Waals surface area contributed by atoms with Gasteiger partial charge in [-0.1, -0.05) is 29.8 Å². The fourth-order valence-electron chi connectivity index (χ4n) is 2.36. The highest BCUT2D eigenvalue weighted by molar-refractivity contribution is 9.10. The second-order valence-corrected chi connectivity index (χ2v) is 5.70. The van der Waals surface area contributed by atoms with Gasteiger partial charge in [-0.25, -0.2) is 4.39 Å². The largest absolute Gasteiger partial charge is 0.310 e. The molecule has 1 heterocycles. The standard InChI is InChI=1S/C13H17BrFN/c1-8(2)5-13-11-6-9(15)7-12(14)10(11)3-4-16-13/h6-8,13,16H,3-5H2,1-2H3. The molecule has 2 rings (SSSR count). The molecule has 1 unspecified atom stereocenters. The Morgan fingerprint density at radius 1 is 1.50 bits per heavy atom. The SMILES string of the molecule is CC(C)CC1NCCc2c(Br)cc(F)cc21. The molecule has 0 spiro atoms. The average Bonchev–Trinajstić information content (AvgIpc) is 2.18. The Morgan fingerprint density at radius 2 is 2.25 bits per heavy atom. The van der Waals surface area contributed by atoms with Crippen LogP contribution < -0.4 is 5.32 Å². The van der Waals surface area contributed by atoms with Crippen molar-refractivity contribution in [1.82, 2.24) is 5.32 Å². The van der Waals surface area contributed by atoms with Crippen molar-refractivity contribution in [1.29, 1.82) is 0 Å². The Morgan fingerprint density at radius 3 is 2.94 bits per heavy atom. The zero-order chi connectivity index (χ0) is 11.7. The first kappa shape index (κ1) is 12.1. The van der Waals surface area contributed by atoms with Crippen LogP contribution >= 0.6 is 15.9 Å². The summed E-state index contributed by atoms with van der Waals surface area (Å²) in [5.41, 5.74) is 2.40. The molecule has 1 aromatic rings. The number of rotatable bonds is 2. The molecular weight excluding hydrogens is 269 g/mol. The lowest BCUT2D eigenvalue weighted by atomic mass is 9.89. The van der Waals surface area contributed by atoms with Crippen LogP contribution in [0.4, 0.5) is 4.39 Å². The first-order valence-corrected chi connectivity index (χ1v) is 6.58. The van der Waals surface area contributed by atoms with Crippen molar-refractivity contribution in [2.75, 3.05) is 6.54 Å². The molecule has 1 aliphatic rings. The van der Waals surface area contributed by atoms with E-state index in [9.17, 15) is 4.39 Å². The minimum atomic E-state index is -0.150. The van der Waals surface area contributed by atoms with Crippen molar-refractivity contribution in [2.45, 2.75) is 32.7 Å². The smallest absolute Gasteiger partial charge is 0.124 e. The lowest BCUT2D eigenvalue weighted by Gasteiger charge is -2.29. The van der Waals surface area contributed by atoms with Crippen molar-refractivity contribution in [3.05, 3.63) is 33.5 Å². The summed E-state index contributed by atoms with van der Waals surface area (Å²) >= 11 is 3.46. The van der Waals surface area contributed by atoms with E-state index in [2.05, 4.69) is 35.1 Å². The van der Waals surface area contributed by atoms with Gasteiger partial charge in [-0.2, -0.15) is 0 Å². The van der Waals surface area contributed by atoms with Gasteiger partial charge in [-0.05, 0) is 48.6 Å². The van der Waals surface area contributed by atoms with Crippen LogP contribution in [0.15, 0.2) is 16.6 Å². The first-order valence-electron chi connectivity index (χ1n) is 5.79. The van der Waals surface area contributed by atoms with E-state index in [-0.39, 0.29) is 5.82 Å². The molecule has 1 atom stereocenters. The number of benzene rings is 1. The van der Waals surface area contributed by atoms with E-state index >= 15 is 0 Å². The number of halogens is 2.